The van der Waals surface area contributed by atoms with Crippen molar-refractivity contribution in [2.24, 2.45) is 0 Å². The van der Waals surface area contributed by atoms with Gasteiger partial charge in [0.15, 0.2) is 0 Å². The molecule has 216 valence electrons. The number of nitrogens with one attached hydrogen (secondary N) is 1. The summed E-state index contributed by atoms with van der Waals surface area (Å²) in [5.74, 6) is 0.555. The van der Waals surface area contributed by atoms with Crippen LogP contribution in [0.3, 0.4) is 0 Å². The van der Waals surface area contributed by atoms with E-state index in [9.17, 15) is 4.79 Å². The summed E-state index contributed by atoms with van der Waals surface area (Å²) in [6.45, 7) is 3.25. The summed E-state index contributed by atoms with van der Waals surface area (Å²) in [6.07, 6.45) is 5.17. The topological polar surface area (TPSA) is 117 Å². The number of hydrogen-bond acceptors (Lipinski definition) is 8. The van der Waals surface area contributed by atoms with E-state index in [1.807, 2.05) is 43.3 Å². The highest BCUT2D eigenvalue weighted by molar-refractivity contribution is 5.81. The Kier molecular flexibility index (Phi) is 8.39. The minimum atomic E-state index is -0.585. The van der Waals surface area contributed by atoms with E-state index in [2.05, 4.69) is 55.5 Å². The molecule has 6 rings (SSSR count). The van der Waals surface area contributed by atoms with E-state index in [4.69, 9.17) is 19.2 Å². The number of imidazole rings is 1. The van der Waals surface area contributed by atoms with Gasteiger partial charge in [0.25, 0.3) is 6.01 Å². The summed E-state index contributed by atoms with van der Waals surface area (Å²) < 4.78 is 19.0. The third kappa shape index (κ3) is 6.12. The van der Waals surface area contributed by atoms with Crippen molar-refractivity contribution in [1.29, 1.82) is 0 Å². The number of ether oxygens (including phenoxy) is 3. The molecule has 0 unspecified atom stereocenters. The average Bonchev–Trinajstić information content (AvgIpc) is 3.68. The standard InChI is InChI=1S/C32H34N6O4/c1-2-40-31-33-28-14-8-9-24(19-20-41-32(39)42-25-10-4-3-5-11-25)29(28)38(31)21-22-15-17-23(18-16-22)26-12-6-7-13-27(26)30-34-36-37-35-30/h6-9,12-18,25H,2-5,10-11,19-21H2,1H3,(H,34,35,36,37). The van der Waals surface area contributed by atoms with Crippen molar-refractivity contribution in [2.45, 2.75) is 58.1 Å². The molecule has 10 heteroatoms. The molecule has 0 bridgehead atoms. The SMILES string of the molecule is CCOc1nc2cccc(CCOC(=O)OC3CCCCC3)c2n1Cc1ccc(-c2ccccc2-c2nn[nH]n2)cc1. The molecule has 1 saturated carbocycles. The number of fused-ring (bicyclic) bond motifs is 1. The van der Waals surface area contributed by atoms with Crippen LogP contribution in [0.5, 0.6) is 6.01 Å². The smallest absolute Gasteiger partial charge is 0.465 e. The van der Waals surface area contributed by atoms with Gasteiger partial charge in [-0.2, -0.15) is 10.2 Å². The number of para-hydroxylation sites is 1. The van der Waals surface area contributed by atoms with Gasteiger partial charge in [-0.15, -0.1) is 10.2 Å². The molecule has 1 N–H and O–H groups in total. The van der Waals surface area contributed by atoms with Gasteiger partial charge >= 0.3 is 6.16 Å². The largest absolute Gasteiger partial charge is 0.508 e. The quantitative estimate of drug-likeness (QED) is 0.194. The second-order valence-electron chi connectivity index (χ2n) is 10.4. The zero-order chi connectivity index (χ0) is 28.7. The van der Waals surface area contributed by atoms with Gasteiger partial charge in [0.05, 0.1) is 30.8 Å². The van der Waals surface area contributed by atoms with Crippen molar-refractivity contribution < 1.29 is 19.0 Å². The Hall–Kier alpha value is -4.73. The Morgan fingerprint density at radius 2 is 1.79 bits per heavy atom. The summed E-state index contributed by atoms with van der Waals surface area (Å²) >= 11 is 0. The lowest BCUT2D eigenvalue weighted by Gasteiger charge is -2.21. The van der Waals surface area contributed by atoms with E-state index in [-0.39, 0.29) is 12.7 Å². The Morgan fingerprint density at radius 3 is 2.55 bits per heavy atom. The number of nitrogens with zero attached hydrogens (tertiary/aromatic N) is 5. The number of hydrogen-bond donors (Lipinski definition) is 1. The minimum absolute atomic E-state index is 0.0243. The molecule has 2 aromatic heterocycles. The molecule has 0 spiro atoms. The number of aromatic nitrogens is 6. The molecule has 10 nitrogen and oxygen atoms in total. The first-order chi connectivity index (χ1) is 20.7. The summed E-state index contributed by atoms with van der Waals surface area (Å²) in [7, 11) is 0. The van der Waals surface area contributed by atoms with Gasteiger partial charge < -0.3 is 14.2 Å². The maximum atomic E-state index is 12.3. The van der Waals surface area contributed by atoms with Crippen LogP contribution in [-0.2, 0) is 22.4 Å². The van der Waals surface area contributed by atoms with E-state index in [0.29, 0.717) is 31.4 Å². The van der Waals surface area contributed by atoms with Crippen molar-refractivity contribution in [3.05, 3.63) is 77.9 Å². The van der Waals surface area contributed by atoms with Crippen LogP contribution in [0, 0.1) is 0 Å². The number of H-pyrrole nitrogens is 1. The van der Waals surface area contributed by atoms with Crippen LogP contribution >= 0.6 is 0 Å². The number of carbonyl (C=O) groups excluding carboxylic acids is 1. The highest BCUT2D eigenvalue weighted by Crippen LogP contribution is 2.31. The third-order valence-electron chi connectivity index (χ3n) is 7.61. The first kappa shape index (κ1) is 27.4. The number of carbonyl (C=O) groups is 1. The minimum Gasteiger partial charge on any atom is -0.465 e. The van der Waals surface area contributed by atoms with E-state index in [1.54, 1.807) is 0 Å². The molecule has 42 heavy (non-hydrogen) atoms. The normalized spacial score (nSPS) is 13.7. The second kappa shape index (κ2) is 12.8. The number of rotatable bonds is 10. The van der Waals surface area contributed by atoms with Crippen LogP contribution in [0.2, 0.25) is 0 Å². The van der Waals surface area contributed by atoms with Gasteiger partial charge in [0.1, 0.15) is 6.10 Å². The molecule has 2 heterocycles. The molecule has 1 aliphatic rings. The molecule has 0 radical (unpaired) electrons. The maximum Gasteiger partial charge on any atom is 0.508 e. The summed E-state index contributed by atoms with van der Waals surface area (Å²) in [5.41, 5.74) is 6.92. The molecule has 3 aromatic carbocycles. The van der Waals surface area contributed by atoms with Crippen LogP contribution < -0.4 is 4.74 Å². The van der Waals surface area contributed by atoms with Crippen LogP contribution in [-0.4, -0.2) is 55.6 Å². The summed E-state index contributed by atoms with van der Waals surface area (Å²) in [6, 6.07) is 23.0. The van der Waals surface area contributed by atoms with E-state index in [0.717, 1.165) is 64.5 Å². The van der Waals surface area contributed by atoms with Crippen molar-refractivity contribution in [1.82, 2.24) is 30.2 Å². The monoisotopic (exact) mass is 566 g/mol. The van der Waals surface area contributed by atoms with E-state index in [1.165, 1.54) is 6.42 Å². The third-order valence-corrected chi connectivity index (χ3v) is 7.61. The van der Waals surface area contributed by atoms with Crippen LogP contribution in [0.25, 0.3) is 33.5 Å². The molecule has 0 saturated heterocycles. The van der Waals surface area contributed by atoms with Crippen molar-refractivity contribution in [3.63, 3.8) is 0 Å². The molecule has 5 aromatic rings. The Labute approximate surface area is 244 Å². The molecular formula is C32H34N6O4. The van der Waals surface area contributed by atoms with E-state index >= 15 is 0 Å². The Balaban J connectivity index is 1.21. The predicted octanol–water partition coefficient (Wildman–Crippen LogP) is 6.36. The van der Waals surface area contributed by atoms with Gasteiger partial charge in [0, 0.05) is 12.0 Å². The molecule has 0 aliphatic heterocycles. The maximum absolute atomic E-state index is 12.3. The molecule has 1 fully saturated rings. The molecule has 1 aliphatic carbocycles. The van der Waals surface area contributed by atoms with Crippen LogP contribution in [0.1, 0.15) is 50.2 Å². The van der Waals surface area contributed by atoms with Gasteiger partial charge in [-0.1, -0.05) is 67.1 Å². The fourth-order valence-corrected chi connectivity index (χ4v) is 5.60. The molecular weight excluding hydrogens is 532 g/mol. The Morgan fingerprint density at radius 1 is 0.976 bits per heavy atom. The van der Waals surface area contributed by atoms with Crippen molar-refractivity contribution in [2.75, 3.05) is 13.2 Å². The average molecular weight is 567 g/mol. The highest BCUT2D eigenvalue weighted by atomic mass is 16.7. The molecule has 0 atom stereocenters. The van der Waals surface area contributed by atoms with E-state index < -0.39 is 6.16 Å². The van der Waals surface area contributed by atoms with Gasteiger partial charge in [0.2, 0.25) is 5.82 Å². The number of tetrazole rings is 1. The first-order valence-corrected chi connectivity index (χ1v) is 14.6. The fraction of sp³-hybridized carbons (Fsp3) is 0.344. The van der Waals surface area contributed by atoms with Gasteiger partial charge in [-0.3, -0.25) is 4.57 Å². The zero-order valence-corrected chi connectivity index (χ0v) is 23.7. The zero-order valence-electron chi connectivity index (χ0n) is 23.7. The van der Waals surface area contributed by atoms with Crippen LogP contribution in [0.15, 0.2) is 66.7 Å². The number of benzene rings is 3. The Bertz CT molecular complexity index is 1630. The number of aromatic amines is 1. The fourth-order valence-electron chi connectivity index (χ4n) is 5.60. The summed E-state index contributed by atoms with van der Waals surface area (Å²) in [4.78, 5) is 17.1. The lowest BCUT2D eigenvalue weighted by Crippen LogP contribution is -2.22. The predicted molar refractivity (Wildman–Crippen MR) is 158 cm³/mol. The lowest BCUT2D eigenvalue weighted by molar-refractivity contribution is 0.0119. The lowest BCUT2D eigenvalue weighted by atomic mass is 9.98. The van der Waals surface area contributed by atoms with Crippen LogP contribution in [0.4, 0.5) is 4.79 Å². The highest BCUT2D eigenvalue weighted by Gasteiger charge is 2.20. The van der Waals surface area contributed by atoms with Gasteiger partial charge in [-0.25, -0.2) is 4.79 Å². The van der Waals surface area contributed by atoms with Gasteiger partial charge in [-0.05, 0) is 66.1 Å². The first-order valence-electron chi connectivity index (χ1n) is 14.6. The second-order valence-corrected chi connectivity index (χ2v) is 10.4. The van der Waals surface area contributed by atoms with Crippen molar-refractivity contribution >= 4 is 17.2 Å². The molecule has 0 amide bonds. The summed E-state index contributed by atoms with van der Waals surface area (Å²) in [5, 5.41) is 14.5. The van der Waals surface area contributed by atoms with Crippen molar-refractivity contribution in [3.8, 4) is 28.5 Å².